The number of nitrogens with one attached hydrogen (secondary N) is 2. The lowest BCUT2D eigenvalue weighted by molar-refractivity contribution is 0.619. The van der Waals surface area contributed by atoms with E-state index in [9.17, 15) is 4.39 Å². The van der Waals surface area contributed by atoms with Crippen molar-refractivity contribution in [2.45, 2.75) is 19.9 Å². The molecule has 0 aliphatic heterocycles. The van der Waals surface area contributed by atoms with E-state index in [4.69, 9.17) is 12.2 Å². The van der Waals surface area contributed by atoms with Crippen LogP contribution in [0.3, 0.4) is 0 Å². The fourth-order valence-corrected chi connectivity index (χ4v) is 2.86. The highest BCUT2D eigenvalue weighted by Gasteiger charge is 2.10. The van der Waals surface area contributed by atoms with Crippen molar-refractivity contribution in [2.75, 3.05) is 5.32 Å². The van der Waals surface area contributed by atoms with Crippen LogP contribution in [0.15, 0.2) is 46.9 Å². The highest BCUT2D eigenvalue weighted by Crippen LogP contribution is 2.23. The number of aryl methyl sites for hydroxylation is 1. The van der Waals surface area contributed by atoms with Gasteiger partial charge in [-0.3, -0.25) is 0 Å². The van der Waals surface area contributed by atoms with Crippen molar-refractivity contribution in [1.82, 2.24) is 5.32 Å². The summed E-state index contributed by atoms with van der Waals surface area (Å²) >= 11 is 8.79. The number of hydrogen-bond acceptors (Lipinski definition) is 1. The quantitative estimate of drug-likeness (QED) is 0.751. The number of anilines is 1. The molecule has 0 bridgehead atoms. The molecule has 5 heteroatoms. The lowest BCUT2D eigenvalue weighted by atomic mass is 10.1. The third-order valence-electron chi connectivity index (χ3n) is 3.15. The molecule has 0 heterocycles. The van der Waals surface area contributed by atoms with Crippen molar-refractivity contribution in [3.63, 3.8) is 0 Å². The minimum atomic E-state index is -0.248. The summed E-state index contributed by atoms with van der Waals surface area (Å²) in [5.41, 5.74) is 2.35. The molecule has 2 aromatic rings. The molecule has 2 nitrogen and oxygen atoms in total. The molecule has 0 spiro atoms. The first-order valence-corrected chi connectivity index (χ1v) is 7.75. The second-order valence-electron chi connectivity index (χ2n) is 4.81. The van der Waals surface area contributed by atoms with Crippen LogP contribution in [0.25, 0.3) is 0 Å². The predicted octanol–water partition coefficient (Wildman–Crippen LogP) is 4.94. The van der Waals surface area contributed by atoms with Crippen LogP contribution in [0.4, 0.5) is 10.1 Å². The molecule has 110 valence electrons. The SMILES string of the molecule is Cc1ccc(NC(=S)N[C@@H](C)c2ccccc2Br)cc1F. The third-order valence-corrected chi connectivity index (χ3v) is 4.09. The molecule has 0 radical (unpaired) electrons. The molecular weight excluding hydrogens is 351 g/mol. The van der Waals surface area contributed by atoms with E-state index in [0.29, 0.717) is 16.4 Å². The topological polar surface area (TPSA) is 24.1 Å². The van der Waals surface area contributed by atoms with Crippen molar-refractivity contribution < 1.29 is 4.39 Å². The summed E-state index contributed by atoms with van der Waals surface area (Å²) < 4.78 is 14.5. The van der Waals surface area contributed by atoms with Crippen LogP contribution in [-0.4, -0.2) is 5.11 Å². The normalized spacial score (nSPS) is 11.8. The molecule has 0 aliphatic rings. The average Bonchev–Trinajstić information content (AvgIpc) is 2.43. The van der Waals surface area contributed by atoms with Gasteiger partial charge in [-0.2, -0.15) is 0 Å². The van der Waals surface area contributed by atoms with Gasteiger partial charge in [0.15, 0.2) is 5.11 Å². The van der Waals surface area contributed by atoms with E-state index >= 15 is 0 Å². The van der Waals surface area contributed by atoms with Crippen molar-refractivity contribution in [3.8, 4) is 0 Å². The Labute approximate surface area is 137 Å². The minimum absolute atomic E-state index is 0.0378. The largest absolute Gasteiger partial charge is 0.356 e. The minimum Gasteiger partial charge on any atom is -0.356 e. The highest BCUT2D eigenvalue weighted by molar-refractivity contribution is 9.10. The van der Waals surface area contributed by atoms with Gasteiger partial charge in [-0.1, -0.05) is 40.2 Å². The smallest absolute Gasteiger partial charge is 0.171 e. The second-order valence-corrected chi connectivity index (χ2v) is 6.07. The Morgan fingerprint density at radius 2 is 1.95 bits per heavy atom. The first-order chi connectivity index (χ1) is 9.97. The van der Waals surface area contributed by atoms with Gasteiger partial charge in [0.05, 0.1) is 6.04 Å². The lowest BCUT2D eigenvalue weighted by Gasteiger charge is -2.18. The van der Waals surface area contributed by atoms with E-state index in [1.807, 2.05) is 31.2 Å². The molecule has 2 N–H and O–H groups in total. The monoisotopic (exact) mass is 366 g/mol. The molecule has 21 heavy (non-hydrogen) atoms. The average molecular weight is 367 g/mol. The maximum atomic E-state index is 13.5. The van der Waals surface area contributed by atoms with E-state index in [1.165, 1.54) is 6.07 Å². The molecule has 2 rings (SSSR count). The van der Waals surface area contributed by atoms with E-state index in [1.54, 1.807) is 19.1 Å². The number of hydrogen-bond donors (Lipinski definition) is 2. The number of rotatable bonds is 3. The van der Waals surface area contributed by atoms with Crippen LogP contribution in [0.5, 0.6) is 0 Å². The van der Waals surface area contributed by atoms with Gasteiger partial charge in [0.25, 0.3) is 0 Å². The third kappa shape index (κ3) is 4.25. The Hall–Kier alpha value is -1.46. The van der Waals surface area contributed by atoms with E-state index in [-0.39, 0.29) is 11.9 Å². The van der Waals surface area contributed by atoms with Gasteiger partial charge in [0.1, 0.15) is 5.82 Å². The van der Waals surface area contributed by atoms with Crippen LogP contribution in [0.1, 0.15) is 24.1 Å². The van der Waals surface area contributed by atoms with Crippen LogP contribution in [-0.2, 0) is 0 Å². The first kappa shape index (κ1) is 15.9. The van der Waals surface area contributed by atoms with Gasteiger partial charge in [-0.15, -0.1) is 0 Å². The van der Waals surface area contributed by atoms with Crippen molar-refractivity contribution in [3.05, 3.63) is 63.9 Å². The molecule has 0 fully saturated rings. The molecule has 0 saturated heterocycles. The summed E-state index contributed by atoms with van der Waals surface area (Å²) in [6.45, 7) is 3.74. The number of halogens is 2. The van der Waals surface area contributed by atoms with Gasteiger partial charge >= 0.3 is 0 Å². The van der Waals surface area contributed by atoms with Gasteiger partial charge in [-0.05, 0) is 55.4 Å². The van der Waals surface area contributed by atoms with E-state index in [2.05, 4.69) is 26.6 Å². The zero-order valence-electron chi connectivity index (χ0n) is 11.8. The van der Waals surface area contributed by atoms with Crippen LogP contribution < -0.4 is 10.6 Å². The number of thiocarbonyl (C=S) groups is 1. The fourth-order valence-electron chi connectivity index (χ4n) is 1.94. The van der Waals surface area contributed by atoms with Crippen molar-refractivity contribution in [1.29, 1.82) is 0 Å². The zero-order valence-corrected chi connectivity index (χ0v) is 14.2. The molecule has 0 aromatic heterocycles. The van der Waals surface area contributed by atoms with Gasteiger partial charge in [0, 0.05) is 10.2 Å². The van der Waals surface area contributed by atoms with Crippen molar-refractivity contribution in [2.24, 2.45) is 0 Å². The zero-order chi connectivity index (χ0) is 15.4. The van der Waals surface area contributed by atoms with Gasteiger partial charge < -0.3 is 10.6 Å². The molecule has 0 saturated carbocycles. The Bertz CT molecular complexity index is 660. The maximum absolute atomic E-state index is 13.5. The second kappa shape index (κ2) is 7.00. The van der Waals surface area contributed by atoms with Crippen LogP contribution >= 0.6 is 28.1 Å². The lowest BCUT2D eigenvalue weighted by Crippen LogP contribution is -2.31. The predicted molar refractivity (Wildman–Crippen MR) is 93.1 cm³/mol. The Kier molecular flexibility index (Phi) is 5.31. The summed E-state index contributed by atoms with van der Waals surface area (Å²) in [6, 6.07) is 12.9. The summed E-state index contributed by atoms with van der Waals surface area (Å²) in [5.74, 6) is -0.248. The molecule has 0 unspecified atom stereocenters. The van der Waals surface area contributed by atoms with E-state index in [0.717, 1.165) is 10.0 Å². The molecular formula is C16H16BrFN2S. The molecule has 2 aromatic carbocycles. The Morgan fingerprint density at radius 1 is 1.24 bits per heavy atom. The number of benzene rings is 2. The first-order valence-electron chi connectivity index (χ1n) is 6.55. The van der Waals surface area contributed by atoms with Gasteiger partial charge in [0.2, 0.25) is 0 Å². The molecule has 1 atom stereocenters. The van der Waals surface area contributed by atoms with Crippen molar-refractivity contribution >= 4 is 38.9 Å². The Balaban J connectivity index is 2.01. The summed E-state index contributed by atoms with van der Waals surface area (Å²) in [4.78, 5) is 0. The highest BCUT2D eigenvalue weighted by atomic mass is 79.9. The van der Waals surface area contributed by atoms with Crippen LogP contribution in [0, 0.1) is 12.7 Å². The Morgan fingerprint density at radius 3 is 2.62 bits per heavy atom. The van der Waals surface area contributed by atoms with E-state index < -0.39 is 0 Å². The van der Waals surface area contributed by atoms with Gasteiger partial charge in [-0.25, -0.2) is 4.39 Å². The fraction of sp³-hybridized carbons (Fsp3) is 0.188. The van der Waals surface area contributed by atoms with Crippen LogP contribution in [0.2, 0.25) is 0 Å². The standard InChI is InChI=1S/C16H16BrFN2S/c1-10-7-8-12(9-15(10)18)20-16(21)19-11(2)13-5-3-4-6-14(13)17/h3-9,11H,1-2H3,(H2,19,20,21)/t11-/m0/s1. The maximum Gasteiger partial charge on any atom is 0.171 e. The summed E-state index contributed by atoms with van der Waals surface area (Å²) in [7, 11) is 0. The summed E-state index contributed by atoms with van der Waals surface area (Å²) in [6.07, 6.45) is 0. The molecule has 0 amide bonds. The molecule has 0 aliphatic carbocycles. The summed E-state index contributed by atoms with van der Waals surface area (Å²) in [5, 5.41) is 6.64.